The van der Waals surface area contributed by atoms with Crippen LogP contribution < -0.4 is 0 Å². The van der Waals surface area contributed by atoms with Crippen LogP contribution in [-0.4, -0.2) is 90.0 Å². The van der Waals surface area contributed by atoms with Crippen molar-refractivity contribution < 1.29 is 47.9 Å². The molecule has 0 radical (unpaired) electrons. The van der Waals surface area contributed by atoms with E-state index in [0.717, 1.165) is 6.42 Å². The molecule has 212 valence electrons. The molecule has 7 rings (SSSR count). The van der Waals surface area contributed by atoms with Crippen molar-refractivity contribution in [2.24, 2.45) is 10.8 Å². The number of epoxide rings is 2. The summed E-state index contributed by atoms with van der Waals surface area (Å²) in [4.78, 5) is 39.4. The molecule has 7 aliphatic rings. The molecule has 5 aliphatic heterocycles. The normalized spacial score (nSPS) is 53.0. The first-order chi connectivity index (χ1) is 18.5. The van der Waals surface area contributed by atoms with Crippen molar-refractivity contribution in [3.63, 3.8) is 0 Å². The fraction of sp³-hybridized carbons (Fsp3) is 0.759. The molecule has 5 heterocycles. The zero-order chi connectivity index (χ0) is 27.4. The standard InChI is InChI=1S/C29H36O10/c1-16-7-9-26-14-34-23(32)22-28(39-22)10-11-35-27(17(2)30,24(28)33)8-5-4-6-21(31)38-18-13-20(37-19(26)12-16)29(15-36-29)25(18,26)3/h4,6,12,18-20,22,24,33H,5,7-11,13-15H2,1-3H3/b6-4-/t18-,19-,20-,22+,24+,25-,26-,27+,28-,29+/m1/s1. The predicted molar refractivity (Wildman–Crippen MR) is 132 cm³/mol. The number of hydrogen-bond acceptors (Lipinski definition) is 10. The molecule has 0 aromatic rings. The molecule has 4 saturated heterocycles. The van der Waals surface area contributed by atoms with Crippen LogP contribution in [0.3, 0.4) is 0 Å². The molecule has 3 spiro atoms. The van der Waals surface area contributed by atoms with E-state index in [0.29, 0.717) is 19.4 Å². The Kier molecular flexibility index (Phi) is 5.45. The summed E-state index contributed by atoms with van der Waals surface area (Å²) in [5.74, 6) is -1.43. The van der Waals surface area contributed by atoms with E-state index >= 15 is 0 Å². The summed E-state index contributed by atoms with van der Waals surface area (Å²) in [6.45, 7) is 6.20. The summed E-state index contributed by atoms with van der Waals surface area (Å²) in [5, 5.41) is 11.4. The second-order valence-corrected chi connectivity index (χ2v) is 12.7. The van der Waals surface area contributed by atoms with E-state index in [4.69, 9.17) is 28.4 Å². The van der Waals surface area contributed by atoms with Gasteiger partial charge in [0.05, 0.1) is 30.8 Å². The maximum absolute atomic E-state index is 13.5. The topological polar surface area (TPSA) is 133 Å². The highest BCUT2D eigenvalue weighted by Gasteiger charge is 2.83. The van der Waals surface area contributed by atoms with Crippen molar-refractivity contribution in [3.8, 4) is 0 Å². The second-order valence-electron chi connectivity index (χ2n) is 12.7. The Morgan fingerprint density at radius 2 is 1.90 bits per heavy atom. The van der Waals surface area contributed by atoms with E-state index < -0.39 is 57.9 Å². The van der Waals surface area contributed by atoms with Gasteiger partial charge >= 0.3 is 11.9 Å². The summed E-state index contributed by atoms with van der Waals surface area (Å²) >= 11 is 0. The minimum atomic E-state index is -1.54. The highest BCUT2D eigenvalue weighted by atomic mass is 16.7. The van der Waals surface area contributed by atoms with E-state index in [2.05, 4.69) is 19.9 Å². The molecule has 0 aromatic heterocycles. The van der Waals surface area contributed by atoms with Crippen LogP contribution in [0.15, 0.2) is 23.8 Å². The number of carbonyl (C=O) groups excluding carboxylic acids is 3. The number of aliphatic hydroxyl groups is 1. The third kappa shape index (κ3) is 3.18. The van der Waals surface area contributed by atoms with Crippen molar-refractivity contribution in [2.45, 2.75) is 107 Å². The number of cyclic esters (lactones) is 1. The first-order valence-electron chi connectivity index (χ1n) is 14.1. The third-order valence-electron chi connectivity index (χ3n) is 11.2. The van der Waals surface area contributed by atoms with Crippen molar-refractivity contribution in [1.29, 1.82) is 0 Å². The number of hydrogen-bond donors (Lipinski definition) is 1. The molecule has 5 fully saturated rings. The fourth-order valence-electron chi connectivity index (χ4n) is 8.58. The Morgan fingerprint density at radius 3 is 2.64 bits per heavy atom. The summed E-state index contributed by atoms with van der Waals surface area (Å²) in [6, 6.07) is 0. The number of allylic oxidation sites excluding steroid dienone is 2. The number of esters is 2. The molecular weight excluding hydrogens is 508 g/mol. The molecule has 1 N–H and O–H groups in total. The molecule has 0 unspecified atom stereocenters. The first kappa shape index (κ1) is 25.8. The maximum atomic E-state index is 13.5. The van der Waals surface area contributed by atoms with Crippen LogP contribution in [-0.2, 0) is 42.8 Å². The number of fused-ring (bicyclic) bond motifs is 1. The maximum Gasteiger partial charge on any atom is 0.338 e. The lowest BCUT2D eigenvalue weighted by Crippen LogP contribution is -2.67. The zero-order valence-electron chi connectivity index (χ0n) is 22.6. The Labute approximate surface area is 226 Å². The van der Waals surface area contributed by atoms with Crippen molar-refractivity contribution >= 4 is 17.7 Å². The van der Waals surface area contributed by atoms with Gasteiger partial charge in [-0.1, -0.05) is 24.6 Å². The van der Waals surface area contributed by atoms with Gasteiger partial charge in [0, 0.05) is 24.3 Å². The van der Waals surface area contributed by atoms with E-state index in [1.54, 1.807) is 6.08 Å². The number of carbonyl (C=O) groups is 3. The van der Waals surface area contributed by atoms with Gasteiger partial charge in [0.25, 0.3) is 0 Å². The lowest BCUT2D eigenvalue weighted by Gasteiger charge is -2.58. The Bertz CT molecular complexity index is 1190. The molecule has 2 aliphatic carbocycles. The Balaban J connectivity index is 1.29. The van der Waals surface area contributed by atoms with E-state index in [9.17, 15) is 19.5 Å². The van der Waals surface area contributed by atoms with Crippen LogP contribution in [0.1, 0.15) is 59.3 Å². The summed E-state index contributed by atoms with van der Waals surface area (Å²) in [5.41, 5.74) is -3.54. The highest BCUT2D eigenvalue weighted by Crippen LogP contribution is 2.72. The average molecular weight is 545 g/mol. The Morgan fingerprint density at radius 1 is 1.10 bits per heavy atom. The van der Waals surface area contributed by atoms with Crippen LogP contribution in [0, 0.1) is 10.8 Å². The lowest BCUT2D eigenvalue weighted by molar-refractivity contribution is -0.233. The average Bonchev–Trinajstić information content (AvgIpc) is 3.81. The number of ether oxygens (including phenoxy) is 6. The smallest absolute Gasteiger partial charge is 0.338 e. The first-order valence-corrected chi connectivity index (χ1v) is 14.1. The van der Waals surface area contributed by atoms with Gasteiger partial charge in [-0.15, -0.1) is 0 Å². The number of ketones is 1. The summed E-state index contributed by atoms with van der Waals surface area (Å²) in [6.07, 6.45) is 4.34. The van der Waals surface area contributed by atoms with Gasteiger partial charge in [0.15, 0.2) is 17.5 Å². The minimum absolute atomic E-state index is 0.0267. The molecule has 10 atom stereocenters. The van der Waals surface area contributed by atoms with E-state index in [-0.39, 0.29) is 50.5 Å². The summed E-state index contributed by atoms with van der Waals surface area (Å²) in [7, 11) is 0. The van der Waals surface area contributed by atoms with Gasteiger partial charge < -0.3 is 33.5 Å². The van der Waals surface area contributed by atoms with Gasteiger partial charge in [-0.2, -0.15) is 0 Å². The van der Waals surface area contributed by atoms with Crippen LogP contribution >= 0.6 is 0 Å². The molecule has 4 bridgehead atoms. The predicted octanol–water partition coefficient (Wildman–Crippen LogP) is 1.71. The zero-order valence-corrected chi connectivity index (χ0v) is 22.6. The number of rotatable bonds is 1. The van der Waals surface area contributed by atoms with E-state index in [1.807, 2.05) is 0 Å². The monoisotopic (exact) mass is 544 g/mol. The highest BCUT2D eigenvalue weighted by molar-refractivity contribution is 5.88. The molecule has 10 heteroatoms. The van der Waals surface area contributed by atoms with Gasteiger partial charge in [0.2, 0.25) is 0 Å². The second kappa shape index (κ2) is 8.22. The quantitative estimate of drug-likeness (QED) is 0.295. The third-order valence-corrected chi connectivity index (χ3v) is 11.2. The van der Waals surface area contributed by atoms with Crippen LogP contribution in [0.4, 0.5) is 0 Å². The van der Waals surface area contributed by atoms with Crippen LogP contribution in [0.2, 0.25) is 0 Å². The van der Waals surface area contributed by atoms with E-state index in [1.165, 1.54) is 18.6 Å². The van der Waals surface area contributed by atoms with Crippen LogP contribution in [0.25, 0.3) is 0 Å². The molecule has 0 aromatic carbocycles. The summed E-state index contributed by atoms with van der Waals surface area (Å²) < 4.78 is 36.7. The largest absolute Gasteiger partial charge is 0.463 e. The SMILES string of the molecule is CC(=O)[C@]12CC/C=C\C(=O)O[C@@H]3C[C@H]4O[C@@H]5C=C(C)CC[C@]5(COC(=O)[C@@H]5O[C@@]5(CCO1)[C@H]2O)[C@]3(C)[C@]41CO1. The van der Waals surface area contributed by atoms with Crippen molar-refractivity contribution in [1.82, 2.24) is 0 Å². The van der Waals surface area contributed by atoms with Gasteiger partial charge in [-0.25, -0.2) is 9.59 Å². The van der Waals surface area contributed by atoms with Crippen molar-refractivity contribution in [3.05, 3.63) is 23.8 Å². The van der Waals surface area contributed by atoms with Gasteiger partial charge in [-0.05, 0) is 39.5 Å². The minimum Gasteiger partial charge on any atom is -0.463 e. The number of Topliss-reactive ketones (excluding diaryl/α,β-unsaturated/α-hetero) is 1. The molecule has 39 heavy (non-hydrogen) atoms. The molecule has 0 amide bonds. The van der Waals surface area contributed by atoms with Gasteiger partial charge in [-0.3, -0.25) is 4.79 Å². The molecule has 10 nitrogen and oxygen atoms in total. The fourth-order valence-corrected chi connectivity index (χ4v) is 8.58. The van der Waals surface area contributed by atoms with Crippen molar-refractivity contribution in [2.75, 3.05) is 19.8 Å². The van der Waals surface area contributed by atoms with Crippen LogP contribution in [0.5, 0.6) is 0 Å². The van der Waals surface area contributed by atoms with Gasteiger partial charge in [0.1, 0.15) is 30.0 Å². The molecular formula is C29H36O10. The molecule has 1 saturated carbocycles. The Hall–Kier alpha value is -2.11. The lowest BCUT2D eigenvalue weighted by atomic mass is 9.51. The number of aliphatic hydroxyl groups excluding tert-OH is 1.